The lowest BCUT2D eigenvalue weighted by Crippen LogP contribution is -2.08. The van der Waals surface area contributed by atoms with Crippen molar-refractivity contribution in [1.29, 1.82) is 0 Å². The van der Waals surface area contributed by atoms with E-state index in [0.717, 1.165) is 17.9 Å². The summed E-state index contributed by atoms with van der Waals surface area (Å²) in [5.41, 5.74) is 6.15. The first-order valence-electron chi connectivity index (χ1n) is 7.58. The molecule has 1 heteroatoms. The lowest BCUT2D eigenvalue weighted by atomic mass is 9.79. The second kappa shape index (κ2) is 4.59. The average Bonchev–Trinajstić information content (AvgIpc) is 2.80. The van der Waals surface area contributed by atoms with E-state index >= 15 is 0 Å². The van der Waals surface area contributed by atoms with Crippen LogP contribution in [0.2, 0.25) is 0 Å². The van der Waals surface area contributed by atoms with Crippen molar-refractivity contribution in [3.05, 3.63) is 59.2 Å². The van der Waals surface area contributed by atoms with Gasteiger partial charge in [0.15, 0.2) is 5.78 Å². The summed E-state index contributed by atoms with van der Waals surface area (Å²) in [5, 5.41) is 0. The Kier molecular flexibility index (Phi) is 2.73. The Balaban J connectivity index is 1.72. The molecular weight excluding hydrogens is 244 g/mol. The molecule has 0 aromatic heterocycles. The number of hydrogen-bond acceptors (Lipinski definition) is 1. The molecule has 2 aliphatic rings. The molecule has 0 radical (unpaired) electrons. The van der Waals surface area contributed by atoms with Crippen LogP contribution >= 0.6 is 0 Å². The van der Waals surface area contributed by atoms with Crippen molar-refractivity contribution < 1.29 is 4.79 Å². The molecule has 2 aliphatic carbocycles. The fourth-order valence-electron chi connectivity index (χ4n) is 3.44. The van der Waals surface area contributed by atoms with E-state index in [1.165, 1.54) is 41.5 Å². The van der Waals surface area contributed by atoms with Gasteiger partial charge in [-0.3, -0.25) is 4.79 Å². The van der Waals surface area contributed by atoms with Gasteiger partial charge in [-0.1, -0.05) is 48.9 Å². The number of rotatable bonds is 2. The maximum absolute atomic E-state index is 11.8. The summed E-state index contributed by atoms with van der Waals surface area (Å²) in [5.74, 6) is 1.08. The highest BCUT2D eigenvalue weighted by Crippen LogP contribution is 2.38. The van der Waals surface area contributed by atoms with E-state index in [0.29, 0.717) is 12.2 Å². The summed E-state index contributed by atoms with van der Waals surface area (Å²) in [6, 6.07) is 15.1. The third-order valence-electron chi connectivity index (χ3n) is 4.88. The standard InChI is InChI=1S/C19H18O/c20-19-12-11-17-16(5-2-6-18(17)19)15-9-7-14(8-10-15)13-3-1-4-13/h2,5-10,13H,1,3-4,11-12H2. The average molecular weight is 262 g/mol. The van der Waals surface area contributed by atoms with Gasteiger partial charge in [0, 0.05) is 12.0 Å². The molecule has 0 unspecified atom stereocenters. The normalized spacial score (nSPS) is 17.9. The van der Waals surface area contributed by atoms with Crippen molar-refractivity contribution in [3.63, 3.8) is 0 Å². The Bertz CT molecular complexity index is 663. The number of carbonyl (C=O) groups excluding carboxylic acids is 1. The zero-order valence-corrected chi connectivity index (χ0v) is 11.6. The van der Waals surface area contributed by atoms with Crippen LogP contribution in [0, 0.1) is 0 Å². The molecule has 2 aromatic carbocycles. The summed E-state index contributed by atoms with van der Waals surface area (Å²) in [6.07, 6.45) is 5.63. The summed E-state index contributed by atoms with van der Waals surface area (Å²) in [7, 11) is 0. The Morgan fingerprint density at radius 2 is 1.60 bits per heavy atom. The van der Waals surface area contributed by atoms with Gasteiger partial charge in [0.2, 0.25) is 0 Å². The molecule has 0 heterocycles. The van der Waals surface area contributed by atoms with E-state index < -0.39 is 0 Å². The van der Waals surface area contributed by atoms with Crippen LogP contribution in [0.4, 0.5) is 0 Å². The molecule has 4 rings (SSSR count). The highest BCUT2D eigenvalue weighted by atomic mass is 16.1. The molecule has 0 amide bonds. The zero-order chi connectivity index (χ0) is 13.5. The predicted octanol–water partition coefficient (Wildman–Crippen LogP) is 4.75. The molecule has 2 aromatic rings. The molecular formula is C19H18O. The highest BCUT2D eigenvalue weighted by Gasteiger charge is 2.23. The summed E-state index contributed by atoms with van der Waals surface area (Å²) < 4.78 is 0. The number of benzene rings is 2. The second-order valence-electron chi connectivity index (χ2n) is 6.00. The third-order valence-corrected chi connectivity index (χ3v) is 4.88. The molecule has 20 heavy (non-hydrogen) atoms. The fraction of sp³-hybridized carbons (Fsp3) is 0.316. The Morgan fingerprint density at radius 1 is 0.850 bits per heavy atom. The van der Waals surface area contributed by atoms with Crippen molar-refractivity contribution in [3.8, 4) is 11.1 Å². The first-order chi connectivity index (χ1) is 9.83. The molecule has 0 spiro atoms. The number of Topliss-reactive ketones (excluding diaryl/α,β-unsaturated/α-hetero) is 1. The largest absolute Gasteiger partial charge is 0.294 e. The minimum Gasteiger partial charge on any atom is -0.294 e. The molecule has 0 atom stereocenters. The van der Waals surface area contributed by atoms with Crippen molar-refractivity contribution in [2.24, 2.45) is 0 Å². The molecule has 0 N–H and O–H groups in total. The van der Waals surface area contributed by atoms with Crippen LogP contribution in [-0.4, -0.2) is 5.78 Å². The van der Waals surface area contributed by atoms with Gasteiger partial charge in [-0.2, -0.15) is 0 Å². The molecule has 1 saturated carbocycles. The lowest BCUT2D eigenvalue weighted by molar-refractivity contribution is 0.0994. The van der Waals surface area contributed by atoms with Gasteiger partial charge in [0.1, 0.15) is 0 Å². The van der Waals surface area contributed by atoms with Gasteiger partial charge in [-0.05, 0) is 47.4 Å². The van der Waals surface area contributed by atoms with Crippen LogP contribution in [0.5, 0.6) is 0 Å². The maximum atomic E-state index is 11.8. The smallest absolute Gasteiger partial charge is 0.163 e. The first-order valence-corrected chi connectivity index (χ1v) is 7.58. The van der Waals surface area contributed by atoms with E-state index in [4.69, 9.17) is 0 Å². The SMILES string of the molecule is O=C1CCc2c1cccc2-c1ccc(C2CCC2)cc1. The van der Waals surface area contributed by atoms with Crippen LogP contribution in [0.25, 0.3) is 11.1 Å². The Morgan fingerprint density at radius 3 is 2.30 bits per heavy atom. The monoisotopic (exact) mass is 262 g/mol. The predicted molar refractivity (Wildman–Crippen MR) is 81.1 cm³/mol. The summed E-state index contributed by atoms with van der Waals surface area (Å²) in [6.45, 7) is 0. The third kappa shape index (κ3) is 1.81. The van der Waals surface area contributed by atoms with E-state index in [1.54, 1.807) is 0 Å². The lowest BCUT2D eigenvalue weighted by Gasteiger charge is -2.25. The van der Waals surface area contributed by atoms with Crippen molar-refractivity contribution >= 4 is 5.78 Å². The molecule has 0 aliphatic heterocycles. The van der Waals surface area contributed by atoms with Gasteiger partial charge >= 0.3 is 0 Å². The minimum absolute atomic E-state index is 0.299. The van der Waals surface area contributed by atoms with E-state index in [1.807, 2.05) is 12.1 Å². The minimum atomic E-state index is 0.299. The first kappa shape index (κ1) is 11.9. The summed E-state index contributed by atoms with van der Waals surface area (Å²) in [4.78, 5) is 11.8. The van der Waals surface area contributed by atoms with E-state index in [-0.39, 0.29) is 0 Å². The van der Waals surface area contributed by atoms with Crippen LogP contribution in [-0.2, 0) is 6.42 Å². The molecule has 100 valence electrons. The maximum Gasteiger partial charge on any atom is 0.163 e. The zero-order valence-electron chi connectivity index (χ0n) is 11.6. The van der Waals surface area contributed by atoms with Crippen LogP contribution in [0.1, 0.15) is 53.1 Å². The highest BCUT2D eigenvalue weighted by molar-refractivity contribution is 6.02. The molecule has 0 saturated heterocycles. The number of fused-ring (bicyclic) bond motifs is 1. The van der Waals surface area contributed by atoms with Crippen LogP contribution in [0.15, 0.2) is 42.5 Å². The number of hydrogen-bond donors (Lipinski definition) is 0. The Labute approximate surface area is 119 Å². The van der Waals surface area contributed by atoms with Crippen molar-refractivity contribution in [2.45, 2.75) is 38.0 Å². The fourth-order valence-corrected chi connectivity index (χ4v) is 3.44. The van der Waals surface area contributed by atoms with Gasteiger partial charge in [-0.15, -0.1) is 0 Å². The van der Waals surface area contributed by atoms with Gasteiger partial charge < -0.3 is 0 Å². The second-order valence-corrected chi connectivity index (χ2v) is 6.00. The van der Waals surface area contributed by atoms with Crippen molar-refractivity contribution in [2.75, 3.05) is 0 Å². The molecule has 0 bridgehead atoms. The quantitative estimate of drug-likeness (QED) is 0.763. The number of carbonyl (C=O) groups is 1. The van der Waals surface area contributed by atoms with E-state index in [2.05, 4.69) is 30.3 Å². The number of ketones is 1. The van der Waals surface area contributed by atoms with Gasteiger partial charge in [0.05, 0.1) is 0 Å². The Hall–Kier alpha value is -1.89. The molecule has 1 fully saturated rings. The topological polar surface area (TPSA) is 17.1 Å². The summed E-state index contributed by atoms with van der Waals surface area (Å²) >= 11 is 0. The van der Waals surface area contributed by atoms with Crippen LogP contribution < -0.4 is 0 Å². The van der Waals surface area contributed by atoms with E-state index in [9.17, 15) is 4.79 Å². The van der Waals surface area contributed by atoms with Gasteiger partial charge in [-0.25, -0.2) is 0 Å². The van der Waals surface area contributed by atoms with Gasteiger partial charge in [0.25, 0.3) is 0 Å². The van der Waals surface area contributed by atoms with Crippen molar-refractivity contribution in [1.82, 2.24) is 0 Å². The molecule has 1 nitrogen and oxygen atoms in total. The van der Waals surface area contributed by atoms with Crippen LogP contribution in [0.3, 0.4) is 0 Å².